The van der Waals surface area contributed by atoms with Crippen molar-refractivity contribution in [1.82, 2.24) is 10.1 Å². The fourth-order valence-corrected chi connectivity index (χ4v) is 1.68. The van der Waals surface area contributed by atoms with Crippen LogP contribution in [0.5, 0.6) is 5.75 Å². The lowest BCUT2D eigenvalue weighted by atomic mass is 10.1. The van der Waals surface area contributed by atoms with Crippen molar-refractivity contribution in [2.75, 3.05) is 13.7 Å². The Kier molecular flexibility index (Phi) is 4.30. The molecule has 1 heterocycles. The highest BCUT2D eigenvalue weighted by Gasteiger charge is 2.07. The van der Waals surface area contributed by atoms with E-state index < -0.39 is 0 Å². The van der Waals surface area contributed by atoms with Crippen LogP contribution in [-0.2, 0) is 12.8 Å². The standard InChI is InChI=1S/C13H17N3O2/c1-17-11-5-2-4-10(8-11)9-13-15-12(16-18-13)6-3-7-14/h2,4-5,8H,3,6-7,9,14H2,1H3. The van der Waals surface area contributed by atoms with Crippen molar-refractivity contribution in [3.8, 4) is 5.75 Å². The molecule has 1 aromatic carbocycles. The third kappa shape index (κ3) is 3.30. The first-order valence-corrected chi connectivity index (χ1v) is 5.96. The smallest absolute Gasteiger partial charge is 0.231 e. The molecule has 0 atom stereocenters. The van der Waals surface area contributed by atoms with Crippen LogP contribution in [0.2, 0.25) is 0 Å². The number of rotatable bonds is 6. The Hall–Kier alpha value is -1.88. The van der Waals surface area contributed by atoms with Gasteiger partial charge in [-0.1, -0.05) is 17.3 Å². The Labute approximate surface area is 106 Å². The van der Waals surface area contributed by atoms with Crippen molar-refractivity contribution >= 4 is 0 Å². The van der Waals surface area contributed by atoms with Gasteiger partial charge in [0.1, 0.15) is 5.75 Å². The van der Waals surface area contributed by atoms with Crippen molar-refractivity contribution in [3.05, 3.63) is 41.5 Å². The molecular formula is C13H17N3O2. The molecule has 2 N–H and O–H groups in total. The number of ether oxygens (including phenoxy) is 1. The van der Waals surface area contributed by atoms with Gasteiger partial charge in [-0.15, -0.1) is 0 Å². The monoisotopic (exact) mass is 247 g/mol. The third-order valence-electron chi connectivity index (χ3n) is 2.60. The topological polar surface area (TPSA) is 74.2 Å². The minimum Gasteiger partial charge on any atom is -0.497 e. The molecular weight excluding hydrogens is 230 g/mol. The zero-order valence-corrected chi connectivity index (χ0v) is 10.4. The van der Waals surface area contributed by atoms with Gasteiger partial charge >= 0.3 is 0 Å². The van der Waals surface area contributed by atoms with Gasteiger partial charge in [0.2, 0.25) is 5.89 Å². The lowest BCUT2D eigenvalue weighted by Gasteiger charge is -2.01. The van der Waals surface area contributed by atoms with E-state index >= 15 is 0 Å². The number of aryl methyl sites for hydroxylation is 1. The molecule has 2 aromatic rings. The quantitative estimate of drug-likeness (QED) is 0.838. The maximum Gasteiger partial charge on any atom is 0.231 e. The van der Waals surface area contributed by atoms with Crippen LogP contribution < -0.4 is 10.5 Å². The molecule has 5 heteroatoms. The molecule has 0 aliphatic carbocycles. The zero-order valence-electron chi connectivity index (χ0n) is 10.4. The molecule has 0 radical (unpaired) electrons. The summed E-state index contributed by atoms with van der Waals surface area (Å²) in [7, 11) is 1.65. The van der Waals surface area contributed by atoms with Crippen LogP contribution in [-0.4, -0.2) is 23.8 Å². The molecule has 0 bridgehead atoms. The molecule has 0 aliphatic heterocycles. The van der Waals surface area contributed by atoms with E-state index in [2.05, 4.69) is 10.1 Å². The molecule has 0 aliphatic rings. The van der Waals surface area contributed by atoms with Crippen molar-refractivity contribution in [2.45, 2.75) is 19.3 Å². The van der Waals surface area contributed by atoms with Gasteiger partial charge in [-0.25, -0.2) is 0 Å². The summed E-state index contributed by atoms with van der Waals surface area (Å²) >= 11 is 0. The molecule has 0 amide bonds. The fraction of sp³-hybridized carbons (Fsp3) is 0.385. The second-order valence-corrected chi connectivity index (χ2v) is 4.02. The van der Waals surface area contributed by atoms with Crippen molar-refractivity contribution in [3.63, 3.8) is 0 Å². The molecule has 96 valence electrons. The van der Waals surface area contributed by atoms with Crippen LogP contribution in [0.4, 0.5) is 0 Å². The summed E-state index contributed by atoms with van der Waals surface area (Å²) in [5, 5.41) is 3.92. The minimum atomic E-state index is 0.618. The Morgan fingerprint density at radius 3 is 3.06 bits per heavy atom. The Bertz CT molecular complexity index is 496. The number of benzene rings is 1. The lowest BCUT2D eigenvalue weighted by Crippen LogP contribution is -2.01. The van der Waals surface area contributed by atoms with Crippen molar-refractivity contribution < 1.29 is 9.26 Å². The molecule has 0 saturated carbocycles. The predicted molar refractivity (Wildman–Crippen MR) is 67.5 cm³/mol. The first kappa shape index (κ1) is 12.6. The van der Waals surface area contributed by atoms with Crippen LogP contribution in [0.1, 0.15) is 23.7 Å². The van der Waals surface area contributed by atoms with Crippen LogP contribution in [0.25, 0.3) is 0 Å². The van der Waals surface area contributed by atoms with Gasteiger partial charge in [-0.3, -0.25) is 0 Å². The van der Waals surface area contributed by atoms with Crippen LogP contribution in [0.3, 0.4) is 0 Å². The van der Waals surface area contributed by atoms with Crippen molar-refractivity contribution in [1.29, 1.82) is 0 Å². The van der Waals surface area contributed by atoms with E-state index in [4.69, 9.17) is 15.0 Å². The Balaban J connectivity index is 2.01. The molecule has 0 unspecified atom stereocenters. The normalized spacial score (nSPS) is 10.6. The van der Waals surface area contributed by atoms with Crippen LogP contribution >= 0.6 is 0 Å². The highest BCUT2D eigenvalue weighted by molar-refractivity contribution is 5.29. The Morgan fingerprint density at radius 2 is 2.28 bits per heavy atom. The van der Waals surface area contributed by atoms with Gasteiger partial charge in [-0.05, 0) is 30.7 Å². The molecule has 0 saturated heterocycles. The van der Waals surface area contributed by atoms with Gasteiger partial charge in [0.15, 0.2) is 5.82 Å². The highest BCUT2D eigenvalue weighted by Crippen LogP contribution is 2.15. The van der Waals surface area contributed by atoms with Gasteiger partial charge in [0, 0.05) is 6.42 Å². The second kappa shape index (κ2) is 6.16. The van der Waals surface area contributed by atoms with Crippen molar-refractivity contribution in [2.24, 2.45) is 5.73 Å². The molecule has 5 nitrogen and oxygen atoms in total. The largest absolute Gasteiger partial charge is 0.497 e. The van der Waals surface area contributed by atoms with E-state index in [0.29, 0.717) is 18.9 Å². The lowest BCUT2D eigenvalue weighted by molar-refractivity contribution is 0.378. The van der Waals surface area contributed by atoms with E-state index in [1.807, 2.05) is 24.3 Å². The number of hydrogen-bond acceptors (Lipinski definition) is 5. The van der Waals surface area contributed by atoms with Gasteiger partial charge in [-0.2, -0.15) is 4.98 Å². The summed E-state index contributed by atoms with van der Waals surface area (Å²) in [6.07, 6.45) is 2.25. The van der Waals surface area contributed by atoms with Gasteiger partial charge in [0.25, 0.3) is 0 Å². The van der Waals surface area contributed by atoms with Gasteiger partial charge in [0.05, 0.1) is 13.5 Å². The number of aromatic nitrogens is 2. The first-order chi connectivity index (χ1) is 8.81. The average Bonchev–Trinajstić information content (AvgIpc) is 2.84. The van der Waals surface area contributed by atoms with E-state index in [0.717, 1.165) is 30.0 Å². The highest BCUT2D eigenvalue weighted by atomic mass is 16.5. The minimum absolute atomic E-state index is 0.618. The predicted octanol–water partition coefficient (Wildman–Crippen LogP) is 1.56. The zero-order chi connectivity index (χ0) is 12.8. The van der Waals surface area contributed by atoms with Crippen LogP contribution in [0.15, 0.2) is 28.8 Å². The average molecular weight is 247 g/mol. The number of hydrogen-bond donors (Lipinski definition) is 1. The number of methoxy groups -OCH3 is 1. The summed E-state index contributed by atoms with van der Waals surface area (Å²) in [4.78, 5) is 4.32. The van der Waals surface area contributed by atoms with E-state index in [9.17, 15) is 0 Å². The van der Waals surface area contributed by atoms with E-state index in [-0.39, 0.29) is 0 Å². The second-order valence-electron chi connectivity index (χ2n) is 4.02. The summed E-state index contributed by atoms with van der Waals surface area (Å²) in [6, 6.07) is 7.82. The molecule has 2 rings (SSSR count). The molecule has 0 spiro atoms. The molecule has 0 fully saturated rings. The summed E-state index contributed by atoms with van der Waals surface area (Å²) in [5.41, 5.74) is 6.53. The summed E-state index contributed by atoms with van der Waals surface area (Å²) in [6.45, 7) is 0.639. The molecule has 1 aromatic heterocycles. The number of nitrogens with zero attached hydrogens (tertiary/aromatic N) is 2. The third-order valence-corrected chi connectivity index (χ3v) is 2.60. The van der Waals surface area contributed by atoms with E-state index in [1.165, 1.54) is 0 Å². The SMILES string of the molecule is COc1cccc(Cc2nc(CCCN)no2)c1. The summed E-state index contributed by atoms with van der Waals surface area (Å²) in [5.74, 6) is 2.17. The van der Waals surface area contributed by atoms with E-state index in [1.54, 1.807) is 7.11 Å². The molecule has 18 heavy (non-hydrogen) atoms. The maximum atomic E-state index is 5.44. The Morgan fingerprint density at radius 1 is 1.39 bits per heavy atom. The summed E-state index contributed by atoms with van der Waals surface area (Å²) < 4.78 is 10.4. The van der Waals surface area contributed by atoms with Crippen LogP contribution in [0, 0.1) is 0 Å². The number of nitrogens with two attached hydrogens (primary N) is 1. The van der Waals surface area contributed by atoms with Gasteiger partial charge < -0.3 is 15.0 Å². The fourth-order valence-electron chi connectivity index (χ4n) is 1.68. The first-order valence-electron chi connectivity index (χ1n) is 5.96. The maximum absolute atomic E-state index is 5.44.